The van der Waals surface area contributed by atoms with Crippen molar-refractivity contribution in [1.29, 1.82) is 5.26 Å². The summed E-state index contributed by atoms with van der Waals surface area (Å²) in [6.45, 7) is 7.81. The third-order valence-corrected chi connectivity index (χ3v) is 4.81. The lowest BCUT2D eigenvalue weighted by Crippen LogP contribution is -2.41. The van der Waals surface area contributed by atoms with Gasteiger partial charge in [0.2, 0.25) is 0 Å². The molecule has 6 nitrogen and oxygen atoms in total. The topological polar surface area (TPSA) is 80.9 Å². The number of ether oxygens (including phenoxy) is 1. The molecular weight excluding hydrogens is 333 g/mol. The van der Waals surface area contributed by atoms with Gasteiger partial charge in [-0.3, -0.25) is 0 Å². The van der Waals surface area contributed by atoms with Crippen molar-refractivity contribution >= 4 is 12.6 Å². The largest absolute Gasteiger partial charge is 0.498 e. The van der Waals surface area contributed by atoms with Gasteiger partial charge < -0.3 is 18.9 Å². The summed E-state index contributed by atoms with van der Waals surface area (Å²) in [4.78, 5) is 4.53. The molecule has 3 rings (SSSR count). The number of benzene rings is 2. The van der Waals surface area contributed by atoms with Crippen LogP contribution in [-0.2, 0) is 9.31 Å². The minimum absolute atomic E-state index is 0.189. The Balaban J connectivity index is 1.83. The molecule has 1 saturated heterocycles. The highest BCUT2D eigenvalue weighted by Gasteiger charge is 2.52. The Morgan fingerprint density at radius 1 is 0.962 bits per heavy atom. The molecule has 0 unspecified atom stereocenters. The highest BCUT2D eigenvalue weighted by Crippen LogP contribution is 2.37. The molecule has 7 heteroatoms. The van der Waals surface area contributed by atoms with Gasteiger partial charge in [0, 0.05) is 11.5 Å². The molecule has 0 radical (unpaired) electrons. The van der Waals surface area contributed by atoms with E-state index in [-0.39, 0.29) is 5.75 Å². The summed E-state index contributed by atoms with van der Waals surface area (Å²) in [5.74, 6) is 1.23. The van der Waals surface area contributed by atoms with E-state index in [4.69, 9.17) is 19.3 Å². The first-order valence-corrected chi connectivity index (χ1v) is 8.25. The van der Waals surface area contributed by atoms with Crippen LogP contribution in [0.15, 0.2) is 42.5 Å². The maximum Gasteiger partial charge on any atom is 0.498 e. The normalized spacial score (nSPS) is 17.6. The highest BCUT2D eigenvalue weighted by atomic mass is 17.1. The second kappa shape index (κ2) is 6.65. The Bertz CT molecular complexity index is 826. The minimum Gasteiger partial charge on any atom is -0.457 e. The van der Waals surface area contributed by atoms with E-state index in [1.165, 1.54) is 0 Å². The fourth-order valence-corrected chi connectivity index (χ4v) is 2.56. The quantitative estimate of drug-likeness (QED) is 0.515. The molecule has 0 atom stereocenters. The van der Waals surface area contributed by atoms with E-state index in [1.807, 2.05) is 27.7 Å². The van der Waals surface area contributed by atoms with Crippen LogP contribution in [0, 0.1) is 11.3 Å². The van der Waals surface area contributed by atoms with Crippen molar-refractivity contribution in [3.8, 4) is 23.3 Å². The van der Waals surface area contributed by atoms with Crippen molar-refractivity contribution in [2.24, 2.45) is 0 Å². The Morgan fingerprint density at radius 2 is 1.54 bits per heavy atom. The first-order chi connectivity index (χ1) is 12.3. The van der Waals surface area contributed by atoms with Crippen molar-refractivity contribution in [2.75, 3.05) is 0 Å². The molecule has 2 aromatic rings. The number of hydrogen-bond acceptors (Lipinski definition) is 6. The van der Waals surface area contributed by atoms with Crippen LogP contribution < -0.4 is 15.1 Å². The average Bonchev–Trinajstić information content (AvgIpc) is 2.83. The summed E-state index contributed by atoms with van der Waals surface area (Å²) in [7, 11) is -0.661. The predicted octanol–water partition coefficient (Wildman–Crippen LogP) is 3.50. The van der Waals surface area contributed by atoms with Gasteiger partial charge in [-0.15, -0.1) is 0 Å². The van der Waals surface area contributed by atoms with E-state index in [0.29, 0.717) is 22.5 Å². The molecule has 2 aromatic carbocycles. The van der Waals surface area contributed by atoms with Crippen LogP contribution in [-0.4, -0.2) is 23.6 Å². The smallest absolute Gasteiger partial charge is 0.457 e. The molecule has 0 amide bonds. The first kappa shape index (κ1) is 18.3. The fraction of sp³-hybridized carbons (Fsp3) is 0.316. The zero-order chi connectivity index (χ0) is 18.9. The van der Waals surface area contributed by atoms with Gasteiger partial charge in [-0.25, -0.2) is 5.26 Å². The lowest BCUT2D eigenvalue weighted by atomic mass is 9.78. The predicted molar refractivity (Wildman–Crippen MR) is 96.6 cm³/mol. The van der Waals surface area contributed by atoms with Crippen molar-refractivity contribution < 1.29 is 24.2 Å². The Hall–Kier alpha value is -2.53. The molecule has 26 heavy (non-hydrogen) atoms. The monoisotopic (exact) mass is 353 g/mol. The van der Waals surface area contributed by atoms with Crippen molar-refractivity contribution in [1.82, 2.24) is 0 Å². The van der Waals surface area contributed by atoms with Crippen molar-refractivity contribution in [2.45, 2.75) is 38.9 Å². The van der Waals surface area contributed by atoms with E-state index in [9.17, 15) is 5.26 Å². The first-order valence-electron chi connectivity index (χ1n) is 8.25. The van der Waals surface area contributed by atoms with Gasteiger partial charge in [-0.05, 0) is 58.0 Å². The second-order valence-electron chi connectivity index (χ2n) is 7.12. The summed E-state index contributed by atoms with van der Waals surface area (Å²) in [6.07, 6.45) is 0. The molecule has 1 fully saturated rings. The van der Waals surface area contributed by atoms with Gasteiger partial charge in [-0.2, -0.15) is 5.26 Å². The number of hydrogen-bond donors (Lipinski definition) is 1. The van der Waals surface area contributed by atoms with Gasteiger partial charge in [0.05, 0.1) is 22.8 Å². The Kier molecular flexibility index (Phi) is 4.67. The van der Waals surface area contributed by atoms with E-state index < -0.39 is 18.3 Å². The summed E-state index contributed by atoms with van der Waals surface area (Å²) >= 11 is 0. The third-order valence-electron chi connectivity index (χ3n) is 4.81. The maximum absolute atomic E-state index is 9.30. The lowest BCUT2D eigenvalue weighted by molar-refractivity contribution is -0.136. The summed E-state index contributed by atoms with van der Waals surface area (Å²) in [5, 5.41) is 18.1. The third kappa shape index (κ3) is 3.40. The van der Waals surface area contributed by atoms with E-state index in [1.54, 1.807) is 42.5 Å². The van der Waals surface area contributed by atoms with Gasteiger partial charge in [0.1, 0.15) is 11.5 Å². The van der Waals surface area contributed by atoms with Crippen LogP contribution in [0.25, 0.3) is 0 Å². The molecule has 1 N–H and O–H groups in total. The standard InChI is InChI=1S/C19H20BNO5/c1-18(2)19(3,4)26-20(25-18)16-10-9-15(11-17(16)24-22)23-14-7-5-13(12-21)6-8-14/h5-11,22H,1-4H3. The SMILES string of the molecule is CC1(C)OB(c2ccc(Oc3ccc(C#N)cc3)cc2OO)OC1(C)C. The Morgan fingerprint density at radius 3 is 2.08 bits per heavy atom. The van der Waals surface area contributed by atoms with Crippen LogP contribution in [0.4, 0.5) is 0 Å². The molecule has 0 spiro atoms. The lowest BCUT2D eigenvalue weighted by Gasteiger charge is -2.32. The van der Waals surface area contributed by atoms with Crippen LogP contribution >= 0.6 is 0 Å². The zero-order valence-corrected chi connectivity index (χ0v) is 15.1. The summed E-state index contributed by atoms with van der Waals surface area (Å²) < 4.78 is 17.7. The van der Waals surface area contributed by atoms with Crippen molar-refractivity contribution in [3.63, 3.8) is 0 Å². The molecular formula is C19H20BNO5. The van der Waals surface area contributed by atoms with Crippen LogP contribution in [0.1, 0.15) is 33.3 Å². The van der Waals surface area contributed by atoms with Gasteiger partial charge in [0.15, 0.2) is 5.75 Å². The molecule has 1 aliphatic heterocycles. The minimum atomic E-state index is -0.661. The van der Waals surface area contributed by atoms with Crippen LogP contribution in [0.2, 0.25) is 0 Å². The van der Waals surface area contributed by atoms with Gasteiger partial charge >= 0.3 is 7.12 Å². The average molecular weight is 353 g/mol. The summed E-state index contributed by atoms with van der Waals surface area (Å²) in [6, 6.07) is 13.8. The Labute approximate surface area is 153 Å². The van der Waals surface area contributed by atoms with Gasteiger partial charge in [0.25, 0.3) is 0 Å². The fourth-order valence-electron chi connectivity index (χ4n) is 2.56. The molecule has 134 valence electrons. The van der Waals surface area contributed by atoms with E-state index in [0.717, 1.165) is 0 Å². The van der Waals surface area contributed by atoms with E-state index in [2.05, 4.69) is 11.0 Å². The number of nitriles is 1. The second-order valence-corrected chi connectivity index (χ2v) is 7.12. The molecule has 1 heterocycles. The summed E-state index contributed by atoms with van der Waals surface area (Å²) in [5.41, 5.74) is 0.121. The van der Waals surface area contributed by atoms with Crippen molar-refractivity contribution in [3.05, 3.63) is 48.0 Å². The molecule has 1 aliphatic rings. The van der Waals surface area contributed by atoms with Crippen LogP contribution in [0.5, 0.6) is 17.2 Å². The number of nitrogens with zero attached hydrogens (tertiary/aromatic N) is 1. The maximum atomic E-state index is 9.30. The number of rotatable bonds is 4. The molecule has 0 aromatic heterocycles. The van der Waals surface area contributed by atoms with Gasteiger partial charge in [-0.1, -0.05) is 6.07 Å². The molecule has 0 aliphatic carbocycles. The molecule has 0 saturated carbocycles. The highest BCUT2D eigenvalue weighted by molar-refractivity contribution is 6.63. The van der Waals surface area contributed by atoms with E-state index >= 15 is 0 Å². The molecule has 0 bridgehead atoms. The zero-order valence-electron chi connectivity index (χ0n) is 15.1. The van der Waals surface area contributed by atoms with Crippen LogP contribution in [0.3, 0.4) is 0 Å².